The number of aromatic amines is 1. The van der Waals surface area contributed by atoms with Gasteiger partial charge in [-0.1, -0.05) is 11.6 Å². The van der Waals surface area contributed by atoms with E-state index in [1.54, 1.807) is 36.8 Å². The van der Waals surface area contributed by atoms with Gasteiger partial charge >= 0.3 is 0 Å². The molecule has 0 aliphatic carbocycles. The fraction of sp³-hybridized carbons (Fsp3) is 0.384. The number of anilines is 4. The number of nitrogens with zero attached hydrogens (tertiary/aromatic N) is 12. The first-order valence-corrected chi connectivity index (χ1v) is 34.3. The zero-order chi connectivity index (χ0) is 72.5. The number of benzene rings is 3. The molecular formula is C73H80ClN17O13. The van der Waals surface area contributed by atoms with Crippen molar-refractivity contribution in [3.8, 4) is 17.2 Å². The summed E-state index contributed by atoms with van der Waals surface area (Å²) in [7, 11) is 7.67. The van der Waals surface area contributed by atoms with Gasteiger partial charge in [0.15, 0.2) is 36.0 Å². The van der Waals surface area contributed by atoms with Gasteiger partial charge in [0, 0.05) is 67.0 Å². The van der Waals surface area contributed by atoms with Crippen LogP contribution in [0.4, 0.5) is 23.3 Å². The molecule has 15 heterocycles. The standard InChI is InChI=1S/C25H28N6O4.C23H22ClN5O4.C23H23N5O5.C2H7N/c1-25(2)34-20-18(12-32-15-7-5-14-6-8-19(26)29-17(14)11-15)33-24(21(20)35-25)31-10-9-16-22(30(3)4)27-13-28-23(16)31;1-23(2)32-18-16(10-30-13-5-3-12-4-6-17(25)28-15(12)9-13)31-22(19(18)33-23)29-8-7-14-20(24)26-11-27-21(14)29;1-23(2)32-18-16(10-30-13-5-3-12-4-6-17(24)27-15(12)9-13)31-22(19(18)33-23)28-8-7-14-20(28)25-11-26-21(14)29;1-3-2/h5-11,13,18,20-21,24H,12H2,1-4H3,(H2,26,29);3-9,11,16,18-19,22H,10H2,1-2H3,(H2,25,28);3-9,11,16,18-19,22H,10H2,1-2H3,(H2,24,27)(H,25,26,29);3H,1-2H3/t18-,20-,21-,24-;2*16-,18-,19-,22-;/m111./s1. The van der Waals surface area contributed by atoms with Crippen LogP contribution in [0.1, 0.15) is 60.2 Å². The lowest BCUT2D eigenvalue weighted by Crippen LogP contribution is -2.33. The SMILES string of the molecule is CC1(C)O[C@@H]2[C@H](O1)[C@@H](COc1ccc3ccc(N)nc3c1)O[C@H]2n1ccc2c(=O)[nH]cnc21.CC1(C)O[C@@H]2[C@H](O1)[C@@H](COc1ccc3ccc(N)nc3c1)O[C@H]2n1ccc2c(Cl)ncnc21.CN(C)c1ncnc2c1ccn2[C@@H]1O[C@H](COc2ccc3ccc(N)nc3c2)[C@H]2OC(C)(C)O[C@H]21.CNC. The molecule has 3 aromatic carbocycles. The normalized spacial score (nSPS) is 25.3. The number of ether oxygens (including phenoxy) is 12. The summed E-state index contributed by atoms with van der Waals surface area (Å²) in [5, 5.41) is 8.28. The Balaban J connectivity index is 0.000000123. The number of H-pyrrole nitrogens is 1. The molecule has 0 amide bonds. The smallest absolute Gasteiger partial charge is 0.260 e. The van der Waals surface area contributed by atoms with E-state index >= 15 is 0 Å². The molecule has 12 aromatic rings. The molecule has 0 saturated carbocycles. The first-order valence-electron chi connectivity index (χ1n) is 34.0. The van der Waals surface area contributed by atoms with Crippen LogP contribution in [0.2, 0.25) is 5.15 Å². The van der Waals surface area contributed by atoms with Crippen LogP contribution in [0.25, 0.3) is 65.8 Å². The van der Waals surface area contributed by atoms with Gasteiger partial charge in [0.2, 0.25) is 0 Å². The first-order chi connectivity index (χ1) is 50.0. The Kier molecular flexibility index (Phi) is 18.7. The van der Waals surface area contributed by atoms with Crippen molar-refractivity contribution in [3.05, 3.63) is 162 Å². The fourth-order valence-corrected chi connectivity index (χ4v) is 14.2. The van der Waals surface area contributed by atoms with Gasteiger partial charge in [-0.2, -0.15) is 0 Å². The van der Waals surface area contributed by atoms with Crippen molar-refractivity contribution in [1.82, 2.24) is 63.9 Å². The number of fused-ring (bicyclic) bond motifs is 9. The molecule has 542 valence electrons. The van der Waals surface area contributed by atoms with Crippen molar-refractivity contribution in [2.24, 2.45) is 0 Å². The predicted molar refractivity (Wildman–Crippen MR) is 388 cm³/mol. The van der Waals surface area contributed by atoms with E-state index in [4.69, 9.17) is 85.6 Å². The highest BCUT2D eigenvalue weighted by molar-refractivity contribution is 6.33. The number of nitrogens with two attached hydrogens (primary N) is 3. The number of pyridine rings is 3. The largest absolute Gasteiger partial charge is 0.491 e. The maximum Gasteiger partial charge on any atom is 0.260 e. The van der Waals surface area contributed by atoms with E-state index in [1.807, 2.05) is 186 Å². The van der Waals surface area contributed by atoms with E-state index in [9.17, 15) is 4.79 Å². The average molecular weight is 1440 g/mol. The van der Waals surface area contributed by atoms with Gasteiger partial charge < -0.3 is 103 Å². The second kappa shape index (κ2) is 27.9. The lowest BCUT2D eigenvalue weighted by molar-refractivity contribution is -0.199. The van der Waals surface area contributed by atoms with Crippen LogP contribution in [0.5, 0.6) is 17.2 Å². The summed E-state index contributed by atoms with van der Waals surface area (Å²) in [5.41, 5.74) is 21.5. The minimum atomic E-state index is -0.770. The number of halogens is 1. The summed E-state index contributed by atoms with van der Waals surface area (Å²) in [6.07, 6.45) is 5.52. The van der Waals surface area contributed by atoms with Crippen LogP contribution >= 0.6 is 11.6 Å². The van der Waals surface area contributed by atoms with Crippen molar-refractivity contribution < 1.29 is 56.8 Å². The number of aromatic nitrogens is 12. The molecule has 104 heavy (non-hydrogen) atoms. The Morgan fingerprint density at radius 2 is 0.827 bits per heavy atom. The Bertz CT molecular complexity index is 5210. The van der Waals surface area contributed by atoms with Gasteiger partial charge in [-0.3, -0.25) is 4.79 Å². The quantitative estimate of drug-likeness (QED) is 0.0672. The molecule has 0 spiro atoms. The highest BCUT2D eigenvalue weighted by Crippen LogP contribution is 2.48. The number of hydrogen-bond donors (Lipinski definition) is 5. The van der Waals surface area contributed by atoms with Crippen molar-refractivity contribution in [2.75, 3.05) is 70.1 Å². The van der Waals surface area contributed by atoms with Gasteiger partial charge in [-0.25, -0.2) is 39.9 Å². The predicted octanol–water partition coefficient (Wildman–Crippen LogP) is 9.02. The highest BCUT2D eigenvalue weighted by atomic mass is 35.5. The summed E-state index contributed by atoms with van der Waals surface area (Å²) in [6, 6.07) is 33.9. The number of rotatable bonds is 13. The van der Waals surface area contributed by atoms with E-state index < -0.39 is 42.1 Å². The van der Waals surface area contributed by atoms with Gasteiger partial charge in [0.05, 0.1) is 39.0 Å². The molecule has 6 aliphatic rings. The summed E-state index contributed by atoms with van der Waals surface area (Å²) in [6.45, 7) is 12.2. The highest BCUT2D eigenvalue weighted by Gasteiger charge is 2.59. The molecule has 0 unspecified atom stereocenters. The van der Waals surface area contributed by atoms with Gasteiger partial charge in [0.1, 0.15) is 150 Å². The molecule has 9 aromatic heterocycles. The zero-order valence-corrected chi connectivity index (χ0v) is 59.4. The minimum Gasteiger partial charge on any atom is -0.491 e. The zero-order valence-electron chi connectivity index (χ0n) is 58.7. The fourth-order valence-electron chi connectivity index (χ4n) is 14.0. The lowest BCUT2D eigenvalue weighted by Gasteiger charge is -2.25. The maximum absolute atomic E-state index is 12.1. The molecule has 0 bridgehead atoms. The Morgan fingerprint density at radius 1 is 0.481 bits per heavy atom. The molecule has 6 aliphatic heterocycles. The molecule has 12 atom stereocenters. The van der Waals surface area contributed by atoms with Crippen molar-refractivity contribution in [2.45, 2.75) is 133 Å². The van der Waals surface area contributed by atoms with E-state index in [1.165, 1.54) is 12.7 Å². The molecule has 18 rings (SSSR count). The van der Waals surface area contributed by atoms with E-state index in [2.05, 4.69) is 50.2 Å². The van der Waals surface area contributed by atoms with Gasteiger partial charge in [0.25, 0.3) is 5.56 Å². The summed E-state index contributed by atoms with van der Waals surface area (Å²) < 4.78 is 80.5. The number of nitrogen functional groups attached to an aromatic ring is 3. The number of hydrogen-bond acceptors (Lipinski definition) is 26. The second-order valence-electron chi connectivity index (χ2n) is 27.5. The van der Waals surface area contributed by atoms with Crippen LogP contribution in [0, 0.1) is 0 Å². The third kappa shape index (κ3) is 13.9. The Morgan fingerprint density at radius 3 is 1.23 bits per heavy atom. The second-order valence-corrected chi connectivity index (χ2v) is 27.8. The minimum absolute atomic E-state index is 0.206. The van der Waals surface area contributed by atoms with Crippen LogP contribution in [-0.4, -0.2) is 179 Å². The summed E-state index contributed by atoms with van der Waals surface area (Å²) >= 11 is 6.24. The van der Waals surface area contributed by atoms with Gasteiger partial charge in [-0.15, -0.1) is 0 Å². The third-order valence-corrected chi connectivity index (χ3v) is 18.7. The summed E-state index contributed by atoms with van der Waals surface area (Å²) in [5.74, 6) is 2.01. The molecule has 30 nitrogen and oxygen atoms in total. The average Bonchev–Trinajstić information content (AvgIpc) is 1.60. The number of nitrogens with one attached hydrogen (secondary N) is 2. The molecule has 8 N–H and O–H groups in total. The molecule has 6 saturated heterocycles. The van der Waals surface area contributed by atoms with Crippen LogP contribution in [-0.2, 0) is 42.6 Å². The monoisotopic (exact) mass is 1440 g/mol. The van der Waals surface area contributed by atoms with Crippen molar-refractivity contribution in [3.63, 3.8) is 0 Å². The van der Waals surface area contributed by atoms with Crippen molar-refractivity contribution in [1.29, 1.82) is 0 Å². The first kappa shape index (κ1) is 69.7. The molecule has 0 radical (unpaired) electrons. The van der Waals surface area contributed by atoms with Crippen LogP contribution in [0.15, 0.2) is 152 Å². The molecule has 6 fully saturated rings. The van der Waals surface area contributed by atoms with Gasteiger partial charge in [-0.05, 0) is 147 Å². The van der Waals surface area contributed by atoms with Crippen LogP contribution < -0.4 is 47.2 Å². The lowest BCUT2D eigenvalue weighted by atomic mass is 10.1. The van der Waals surface area contributed by atoms with E-state index in [0.29, 0.717) is 63.1 Å². The van der Waals surface area contributed by atoms with E-state index in [0.717, 1.165) is 54.9 Å². The molecule has 31 heteroatoms. The van der Waals surface area contributed by atoms with Crippen LogP contribution in [0.3, 0.4) is 0 Å². The molecular weight excluding hydrogens is 1360 g/mol. The van der Waals surface area contributed by atoms with E-state index in [-0.39, 0.29) is 67.6 Å². The Labute approximate surface area is 600 Å². The summed E-state index contributed by atoms with van der Waals surface area (Å²) in [4.78, 5) is 51.5. The Hall–Kier alpha value is -9.96. The third-order valence-electron chi connectivity index (χ3n) is 18.4. The maximum atomic E-state index is 12.1. The topological polar surface area (TPSA) is 355 Å². The van der Waals surface area contributed by atoms with Crippen molar-refractivity contribution >= 4 is 101 Å².